The molecule has 1 fully saturated rings. The summed E-state index contributed by atoms with van der Waals surface area (Å²) in [6.07, 6.45) is 1.38. The summed E-state index contributed by atoms with van der Waals surface area (Å²) in [6, 6.07) is 1.82. The Hall–Kier alpha value is -2.05. The molecule has 1 saturated heterocycles. The number of nitrogens with zero attached hydrogens (tertiary/aromatic N) is 4. The highest BCUT2D eigenvalue weighted by Gasteiger charge is 2.22. The van der Waals surface area contributed by atoms with Gasteiger partial charge in [0.25, 0.3) is 0 Å². The first kappa shape index (κ1) is 12.4. The Balaban J connectivity index is 1.92. The molecule has 0 aliphatic carbocycles. The first-order chi connectivity index (χ1) is 8.70. The van der Waals surface area contributed by atoms with E-state index in [0.29, 0.717) is 19.7 Å². The lowest BCUT2D eigenvalue weighted by Gasteiger charge is -2.34. The van der Waals surface area contributed by atoms with E-state index < -0.39 is 0 Å². The van der Waals surface area contributed by atoms with E-state index in [-0.39, 0.29) is 12.0 Å². The highest BCUT2D eigenvalue weighted by Crippen LogP contribution is 2.14. The Bertz CT molecular complexity index is 418. The number of amides is 1. The minimum atomic E-state index is -0.251. The SMILES string of the molecule is CCOC(=O)N1CCN(c2ccnc(N)n2)CC1. The molecule has 7 nitrogen and oxygen atoms in total. The van der Waals surface area contributed by atoms with Crippen molar-refractivity contribution < 1.29 is 9.53 Å². The van der Waals surface area contributed by atoms with Crippen molar-refractivity contribution in [2.45, 2.75) is 6.92 Å². The van der Waals surface area contributed by atoms with Gasteiger partial charge in [-0.25, -0.2) is 9.78 Å². The summed E-state index contributed by atoms with van der Waals surface area (Å²) in [5.74, 6) is 1.06. The van der Waals surface area contributed by atoms with Crippen LogP contribution in [-0.2, 0) is 4.74 Å². The van der Waals surface area contributed by atoms with Crippen molar-refractivity contribution in [1.29, 1.82) is 0 Å². The molecular weight excluding hydrogens is 234 g/mol. The number of nitrogen functional groups attached to an aromatic ring is 1. The number of aromatic nitrogens is 2. The van der Waals surface area contributed by atoms with Gasteiger partial charge in [0.05, 0.1) is 6.61 Å². The Labute approximate surface area is 106 Å². The molecule has 0 spiro atoms. The van der Waals surface area contributed by atoms with Crippen LogP contribution in [0.2, 0.25) is 0 Å². The molecule has 2 rings (SSSR count). The third-order valence-corrected chi connectivity index (χ3v) is 2.79. The second kappa shape index (κ2) is 5.52. The van der Waals surface area contributed by atoms with Crippen LogP contribution in [0.4, 0.5) is 16.6 Å². The van der Waals surface area contributed by atoms with Crippen LogP contribution in [0.25, 0.3) is 0 Å². The van der Waals surface area contributed by atoms with Crippen molar-refractivity contribution in [1.82, 2.24) is 14.9 Å². The number of hydrogen-bond donors (Lipinski definition) is 1. The summed E-state index contributed by atoms with van der Waals surface area (Å²) in [5.41, 5.74) is 5.55. The molecule has 1 aromatic heterocycles. The molecule has 7 heteroatoms. The summed E-state index contributed by atoms with van der Waals surface area (Å²) < 4.78 is 4.96. The standard InChI is InChI=1S/C11H17N5O2/c1-2-18-11(17)16-7-5-15(6-8-16)9-3-4-13-10(12)14-9/h3-4H,2,5-8H2,1H3,(H2,12,13,14). The molecule has 2 N–H and O–H groups in total. The molecular formula is C11H17N5O2. The van der Waals surface area contributed by atoms with Crippen molar-refractivity contribution in [2.75, 3.05) is 43.4 Å². The minimum Gasteiger partial charge on any atom is -0.450 e. The van der Waals surface area contributed by atoms with Crippen LogP contribution in [0.15, 0.2) is 12.3 Å². The highest BCUT2D eigenvalue weighted by atomic mass is 16.6. The van der Waals surface area contributed by atoms with Gasteiger partial charge < -0.3 is 20.3 Å². The number of ether oxygens (including phenoxy) is 1. The average molecular weight is 251 g/mol. The van der Waals surface area contributed by atoms with Gasteiger partial charge in [0.15, 0.2) is 0 Å². The van der Waals surface area contributed by atoms with Crippen LogP contribution in [0.1, 0.15) is 6.92 Å². The predicted octanol–water partition coefficient (Wildman–Crippen LogP) is 0.337. The van der Waals surface area contributed by atoms with Crippen molar-refractivity contribution in [2.24, 2.45) is 0 Å². The fourth-order valence-corrected chi connectivity index (χ4v) is 1.87. The molecule has 0 bridgehead atoms. The second-order valence-electron chi connectivity index (χ2n) is 3.95. The van der Waals surface area contributed by atoms with Gasteiger partial charge in [-0.3, -0.25) is 0 Å². The van der Waals surface area contributed by atoms with Crippen molar-refractivity contribution in [3.8, 4) is 0 Å². The molecule has 0 radical (unpaired) electrons. The van der Waals surface area contributed by atoms with Gasteiger partial charge in [-0.15, -0.1) is 0 Å². The number of carbonyl (C=O) groups excluding carboxylic acids is 1. The Morgan fingerprint density at radius 3 is 2.78 bits per heavy atom. The van der Waals surface area contributed by atoms with Crippen molar-refractivity contribution in [3.05, 3.63) is 12.3 Å². The van der Waals surface area contributed by atoms with E-state index in [2.05, 4.69) is 14.9 Å². The molecule has 1 aliphatic rings. The maximum absolute atomic E-state index is 11.5. The second-order valence-corrected chi connectivity index (χ2v) is 3.95. The van der Waals surface area contributed by atoms with Crippen LogP contribution in [0.3, 0.4) is 0 Å². The van der Waals surface area contributed by atoms with E-state index in [9.17, 15) is 4.79 Å². The summed E-state index contributed by atoms with van der Waals surface area (Å²) in [7, 11) is 0. The quantitative estimate of drug-likeness (QED) is 0.815. The van der Waals surface area contributed by atoms with E-state index in [0.717, 1.165) is 18.9 Å². The largest absolute Gasteiger partial charge is 0.450 e. The monoisotopic (exact) mass is 251 g/mol. The third-order valence-electron chi connectivity index (χ3n) is 2.79. The van der Waals surface area contributed by atoms with Gasteiger partial charge in [-0.2, -0.15) is 4.98 Å². The number of rotatable bonds is 2. The van der Waals surface area contributed by atoms with E-state index in [1.54, 1.807) is 18.0 Å². The molecule has 0 aromatic carbocycles. The molecule has 1 aromatic rings. The molecule has 0 unspecified atom stereocenters. The van der Waals surface area contributed by atoms with Gasteiger partial charge in [0.2, 0.25) is 5.95 Å². The Kier molecular flexibility index (Phi) is 3.81. The lowest BCUT2D eigenvalue weighted by molar-refractivity contribution is 0.105. The Morgan fingerprint density at radius 2 is 2.17 bits per heavy atom. The molecule has 0 atom stereocenters. The lowest BCUT2D eigenvalue weighted by Crippen LogP contribution is -2.49. The minimum absolute atomic E-state index is 0.251. The zero-order valence-corrected chi connectivity index (χ0v) is 10.4. The summed E-state index contributed by atoms with van der Waals surface area (Å²) in [6.45, 7) is 4.90. The molecule has 18 heavy (non-hydrogen) atoms. The first-order valence-corrected chi connectivity index (χ1v) is 5.96. The lowest BCUT2D eigenvalue weighted by atomic mass is 10.3. The highest BCUT2D eigenvalue weighted by molar-refractivity contribution is 5.68. The van der Waals surface area contributed by atoms with Gasteiger partial charge >= 0.3 is 6.09 Å². The molecule has 2 heterocycles. The van der Waals surface area contributed by atoms with Crippen LogP contribution in [0, 0.1) is 0 Å². The maximum Gasteiger partial charge on any atom is 0.409 e. The van der Waals surface area contributed by atoms with Crippen molar-refractivity contribution >= 4 is 17.9 Å². The van der Waals surface area contributed by atoms with Gasteiger partial charge in [0, 0.05) is 32.4 Å². The molecule has 1 aliphatic heterocycles. The van der Waals surface area contributed by atoms with Gasteiger partial charge in [-0.1, -0.05) is 0 Å². The molecule has 0 saturated carbocycles. The smallest absolute Gasteiger partial charge is 0.409 e. The number of piperazine rings is 1. The zero-order valence-electron chi connectivity index (χ0n) is 10.4. The van der Waals surface area contributed by atoms with Crippen molar-refractivity contribution in [3.63, 3.8) is 0 Å². The zero-order chi connectivity index (χ0) is 13.0. The fraction of sp³-hybridized carbons (Fsp3) is 0.545. The predicted molar refractivity (Wildman–Crippen MR) is 67.3 cm³/mol. The number of hydrogen-bond acceptors (Lipinski definition) is 6. The maximum atomic E-state index is 11.5. The van der Waals surface area contributed by atoms with Gasteiger partial charge in [-0.05, 0) is 13.0 Å². The number of nitrogens with two attached hydrogens (primary N) is 1. The van der Waals surface area contributed by atoms with Crippen LogP contribution in [0.5, 0.6) is 0 Å². The molecule has 98 valence electrons. The third kappa shape index (κ3) is 2.79. The van der Waals surface area contributed by atoms with E-state index in [1.807, 2.05) is 6.07 Å². The number of carbonyl (C=O) groups is 1. The van der Waals surface area contributed by atoms with E-state index in [1.165, 1.54) is 0 Å². The summed E-state index contributed by atoms with van der Waals surface area (Å²) in [5, 5.41) is 0. The summed E-state index contributed by atoms with van der Waals surface area (Å²) >= 11 is 0. The summed E-state index contributed by atoms with van der Waals surface area (Å²) in [4.78, 5) is 23.3. The first-order valence-electron chi connectivity index (χ1n) is 5.96. The van der Waals surface area contributed by atoms with Crippen LogP contribution in [-0.4, -0.2) is 53.7 Å². The fourth-order valence-electron chi connectivity index (χ4n) is 1.87. The normalized spacial score (nSPS) is 15.6. The van der Waals surface area contributed by atoms with E-state index >= 15 is 0 Å². The average Bonchev–Trinajstić information content (AvgIpc) is 2.39. The number of anilines is 2. The topological polar surface area (TPSA) is 84.6 Å². The van der Waals surface area contributed by atoms with Gasteiger partial charge in [0.1, 0.15) is 5.82 Å². The molecule has 1 amide bonds. The van der Waals surface area contributed by atoms with Crippen LogP contribution < -0.4 is 10.6 Å². The Morgan fingerprint density at radius 1 is 1.44 bits per heavy atom. The van der Waals surface area contributed by atoms with E-state index in [4.69, 9.17) is 10.5 Å². The van der Waals surface area contributed by atoms with Crippen LogP contribution >= 0.6 is 0 Å².